The van der Waals surface area contributed by atoms with Crippen LogP contribution in [0.25, 0.3) is 0 Å². The smallest absolute Gasteiger partial charge is 0.211 e. The van der Waals surface area contributed by atoms with Gasteiger partial charge in [0.1, 0.15) is 0 Å². The Morgan fingerprint density at radius 2 is 2.11 bits per heavy atom. The third-order valence-corrected chi connectivity index (χ3v) is 6.36. The SMILES string of the molecule is CCN(CCCNC1CSCCC1(C)C)S(C)(=O)=O. The van der Waals surface area contributed by atoms with E-state index in [1.807, 2.05) is 18.7 Å². The van der Waals surface area contributed by atoms with E-state index in [0.29, 0.717) is 24.5 Å². The summed E-state index contributed by atoms with van der Waals surface area (Å²) in [6.45, 7) is 8.58. The van der Waals surface area contributed by atoms with Crippen LogP contribution in [-0.2, 0) is 10.0 Å². The van der Waals surface area contributed by atoms with Crippen molar-refractivity contribution in [3.63, 3.8) is 0 Å². The van der Waals surface area contributed by atoms with E-state index in [0.717, 1.165) is 18.7 Å². The molecule has 6 heteroatoms. The Balaban J connectivity index is 2.30. The number of sulfonamides is 1. The highest BCUT2D eigenvalue weighted by molar-refractivity contribution is 7.99. The normalized spacial score (nSPS) is 23.7. The molecule has 4 nitrogen and oxygen atoms in total. The van der Waals surface area contributed by atoms with Crippen molar-refractivity contribution < 1.29 is 8.42 Å². The van der Waals surface area contributed by atoms with Crippen LogP contribution in [0.2, 0.25) is 0 Å². The zero-order valence-corrected chi connectivity index (χ0v) is 14.2. The predicted molar refractivity (Wildman–Crippen MR) is 84.2 cm³/mol. The van der Waals surface area contributed by atoms with Gasteiger partial charge in [-0.2, -0.15) is 11.8 Å². The van der Waals surface area contributed by atoms with Crippen LogP contribution in [0.15, 0.2) is 0 Å². The Hall–Kier alpha value is 0.220. The van der Waals surface area contributed by atoms with Crippen molar-refractivity contribution in [1.29, 1.82) is 0 Å². The van der Waals surface area contributed by atoms with Crippen molar-refractivity contribution in [3.8, 4) is 0 Å². The molecule has 0 aromatic heterocycles. The third-order valence-electron chi connectivity index (χ3n) is 3.92. The molecule has 0 aromatic rings. The Morgan fingerprint density at radius 1 is 1.42 bits per heavy atom. The number of rotatable bonds is 7. The topological polar surface area (TPSA) is 49.4 Å². The molecular weight excluding hydrogens is 280 g/mol. The molecule has 0 radical (unpaired) electrons. The van der Waals surface area contributed by atoms with Gasteiger partial charge in [0.2, 0.25) is 10.0 Å². The second-order valence-electron chi connectivity index (χ2n) is 5.93. The van der Waals surface area contributed by atoms with Crippen molar-refractivity contribution in [2.24, 2.45) is 5.41 Å². The van der Waals surface area contributed by atoms with Gasteiger partial charge in [-0.3, -0.25) is 0 Å². The molecule has 0 bridgehead atoms. The molecule has 0 amide bonds. The number of nitrogens with one attached hydrogen (secondary N) is 1. The van der Waals surface area contributed by atoms with E-state index >= 15 is 0 Å². The molecule has 1 aliphatic rings. The van der Waals surface area contributed by atoms with E-state index in [2.05, 4.69) is 19.2 Å². The van der Waals surface area contributed by atoms with Crippen molar-refractivity contribution in [1.82, 2.24) is 9.62 Å². The van der Waals surface area contributed by atoms with Crippen LogP contribution in [0.3, 0.4) is 0 Å². The molecule has 0 aromatic carbocycles. The van der Waals surface area contributed by atoms with E-state index in [4.69, 9.17) is 0 Å². The van der Waals surface area contributed by atoms with Crippen LogP contribution in [0.4, 0.5) is 0 Å². The minimum absolute atomic E-state index is 0.354. The van der Waals surface area contributed by atoms with Crippen molar-refractivity contribution >= 4 is 21.8 Å². The molecule has 1 fully saturated rings. The number of nitrogens with zero attached hydrogens (tertiary/aromatic N) is 1. The number of thioether (sulfide) groups is 1. The largest absolute Gasteiger partial charge is 0.313 e. The molecule has 0 aliphatic carbocycles. The first-order chi connectivity index (χ1) is 8.77. The second-order valence-corrected chi connectivity index (χ2v) is 9.06. The van der Waals surface area contributed by atoms with Crippen molar-refractivity contribution in [2.45, 2.75) is 39.7 Å². The maximum Gasteiger partial charge on any atom is 0.211 e. The molecule has 1 rings (SSSR count). The molecule has 1 aliphatic heterocycles. The minimum atomic E-state index is -3.04. The lowest BCUT2D eigenvalue weighted by Crippen LogP contribution is -2.47. The summed E-state index contributed by atoms with van der Waals surface area (Å²) in [5.74, 6) is 2.42. The van der Waals surface area contributed by atoms with E-state index < -0.39 is 10.0 Å². The molecule has 1 heterocycles. The Labute approximate surface area is 122 Å². The first-order valence-electron chi connectivity index (χ1n) is 7.03. The Morgan fingerprint density at radius 3 is 2.63 bits per heavy atom. The first-order valence-corrected chi connectivity index (χ1v) is 10.0. The Bertz CT molecular complexity index is 369. The summed E-state index contributed by atoms with van der Waals surface area (Å²) in [4.78, 5) is 0. The van der Waals surface area contributed by atoms with Crippen LogP contribution in [0.5, 0.6) is 0 Å². The highest BCUT2D eigenvalue weighted by atomic mass is 32.2. The molecule has 0 saturated carbocycles. The summed E-state index contributed by atoms with van der Waals surface area (Å²) in [5, 5.41) is 3.60. The minimum Gasteiger partial charge on any atom is -0.313 e. The molecule has 114 valence electrons. The van der Waals surface area contributed by atoms with Gasteiger partial charge in [0.15, 0.2) is 0 Å². The lowest BCUT2D eigenvalue weighted by molar-refractivity contribution is 0.244. The molecular formula is C13H28N2O2S2. The summed E-state index contributed by atoms with van der Waals surface area (Å²) in [5.41, 5.74) is 0.354. The Kier molecular flexibility index (Phi) is 6.63. The monoisotopic (exact) mass is 308 g/mol. The van der Waals surface area contributed by atoms with Crippen LogP contribution in [0.1, 0.15) is 33.6 Å². The van der Waals surface area contributed by atoms with Gasteiger partial charge in [-0.15, -0.1) is 0 Å². The zero-order chi connectivity index (χ0) is 14.5. The first kappa shape index (κ1) is 17.3. The van der Waals surface area contributed by atoms with Gasteiger partial charge in [-0.25, -0.2) is 12.7 Å². The van der Waals surface area contributed by atoms with Crippen LogP contribution >= 0.6 is 11.8 Å². The molecule has 1 saturated heterocycles. The quantitative estimate of drug-likeness (QED) is 0.728. The van der Waals surface area contributed by atoms with Gasteiger partial charge in [-0.1, -0.05) is 20.8 Å². The summed E-state index contributed by atoms with van der Waals surface area (Å²) < 4.78 is 24.5. The average molecular weight is 309 g/mol. The van der Waals surface area contributed by atoms with Gasteiger partial charge >= 0.3 is 0 Å². The summed E-state index contributed by atoms with van der Waals surface area (Å²) >= 11 is 2.01. The van der Waals surface area contributed by atoms with Crippen LogP contribution in [-0.4, -0.2) is 56.2 Å². The summed E-state index contributed by atoms with van der Waals surface area (Å²) in [7, 11) is -3.04. The maximum absolute atomic E-state index is 11.5. The van der Waals surface area contributed by atoms with Crippen molar-refractivity contribution in [2.75, 3.05) is 37.4 Å². The van der Waals surface area contributed by atoms with Gasteiger partial charge < -0.3 is 5.32 Å². The molecule has 0 spiro atoms. The van der Waals surface area contributed by atoms with E-state index in [9.17, 15) is 8.42 Å². The highest BCUT2D eigenvalue weighted by Crippen LogP contribution is 2.33. The van der Waals surface area contributed by atoms with E-state index in [-0.39, 0.29) is 0 Å². The second kappa shape index (κ2) is 7.29. The lowest BCUT2D eigenvalue weighted by Gasteiger charge is -2.39. The molecule has 1 N–H and O–H groups in total. The van der Waals surface area contributed by atoms with Crippen LogP contribution < -0.4 is 5.32 Å². The fourth-order valence-electron chi connectivity index (χ4n) is 2.36. The van der Waals surface area contributed by atoms with Gasteiger partial charge in [0.25, 0.3) is 0 Å². The predicted octanol–water partition coefficient (Wildman–Crippen LogP) is 1.78. The maximum atomic E-state index is 11.5. The molecule has 1 atom stereocenters. The molecule has 1 unspecified atom stereocenters. The zero-order valence-electron chi connectivity index (χ0n) is 12.6. The van der Waals surface area contributed by atoms with Gasteiger partial charge in [-0.05, 0) is 30.6 Å². The summed E-state index contributed by atoms with van der Waals surface area (Å²) in [6.07, 6.45) is 3.41. The van der Waals surface area contributed by atoms with Gasteiger partial charge in [0, 0.05) is 24.9 Å². The van der Waals surface area contributed by atoms with E-state index in [1.165, 1.54) is 22.7 Å². The third kappa shape index (κ3) is 5.61. The fraction of sp³-hybridized carbons (Fsp3) is 1.00. The lowest BCUT2D eigenvalue weighted by atomic mass is 9.82. The van der Waals surface area contributed by atoms with Gasteiger partial charge in [0.05, 0.1) is 6.26 Å². The average Bonchev–Trinajstić information content (AvgIpc) is 2.29. The summed E-state index contributed by atoms with van der Waals surface area (Å²) in [6, 6.07) is 0.541. The van der Waals surface area contributed by atoms with Crippen LogP contribution in [0, 0.1) is 5.41 Å². The van der Waals surface area contributed by atoms with E-state index in [1.54, 1.807) is 0 Å². The standard InChI is InChI=1S/C13H28N2O2S2/c1-5-15(19(4,16)17)9-6-8-14-12-11-18-10-7-13(12,2)3/h12,14H,5-11H2,1-4H3. The number of hydrogen-bond donors (Lipinski definition) is 1. The van der Waals surface area contributed by atoms with Crippen molar-refractivity contribution in [3.05, 3.63) is 0 Å². The highest BCUT2D eigenvalue weighted by Gasteiger charge is 2.31. The fourth-order valence-corrected chi connectivity index (χ4v) is 4.93. The molecule has 19 heavy (non-hydrogen) atoms. The number of hydrogen-bond acceptors (Lipinski definition) is 4.